The van der Waals surface area contributed by atoms with Crippen LogP contribution in [-0.4, -0.2) is 49.8 Å². The standard InChI is InChI=1S/C24H26N2O7S2/c1-5-33-22(28)14-26-19-11-8-17(23(29)32-4)13-20(19)34-24(26)25-21(27)12-16-6-9-18(10-7-16)35(30,31)15(2)3/h6-11,13,15H,5,12,14H2,1-4H3. The van der Waals surface area contributed by atoms with Crippen LogP contribution in [0.2, 0.25) is 0 Å². The highest BCUT2D eigenvalue weighted by Gasteiger charge is 2.19. The van der Waals surface area contributed by atoms with Crippen LogP contribution >= 0.6 is 11.3 Å². The summed E-state index contributed by atoms with van der Waals surface area (Å²) in [4.78, 5) is 41.5. The monoisotopic (exact) mass is 518 g/mol. The zero-order chi connectivity index (χ0) is 25.8. The van der Waals surface area contributed by atoms with Gasteiger partial charge in [-0.2, -0.15) is 4.99 Å². The van der Waals surface area contributed by atoms with Crippen LogP contribution in [0.4, 0.5) is 0 Å². The van der Waals surface area contributed by atoms with E-state index in [9.17, 15) is 22.8 Å². The van der Waals surface area contributed by atoms with Crippen LogP contribution in [0.1, 0.15) is 36.7 Å². The zero-order valence-electron chi connectivity index (χ0n) is 19.8. The molecule has 2 aromatic carbocycles. The van der Waals surface area contributed by atoms with Crippen molar-refractivity contribution in [2.75, 3.05) is 13.7 Å². The normalized spacial score (nSPS) is 12.2. The average Bonchev–Trinajstić information content (AvgIpc) is 3.14. The lowest BCUT2D eigenvalue weighted by molar-refractivity contribution is -0.143. The average molecular weight is 519 g/mol. The van der Waals surface area contributed by atoms with Gasteiger partial charge in [-0.25, -0.2) is 13.2 Å². The van der Waals surface area contributed by atoms with Crippen LogP contribution in [-0.2, 0) is 41.9 Å². The van der Waals surface area contributed by atoms with Crippen LogP contribution in [0.25, 0.3) is 10.2 Å². The number of esters is 2. The van der Waals surface area contributed by atoms with Crippen molar-refractivity contribution in [2.24, 2.45) is 4.99 Å². The second kappa shape index (κ2) is 11.0. The number of fused-ring (bicyclic) bond motifs is 1. The molecular formula is C24H26N2O7S2. The highest BCUT2D eigenvalue weighted by atomic mass is 32.2. The molecule has 0 N–H and O–H groups in total. The zero-order valence-corrected chi connectivity index (χ0v) is 21.4. The lowest BCUT2D eigenvalue weighted by Gasteiger charge is -2.08. The number of rotatable bonds is 8. The van der Waals surface area contributed by atoms with E-state index in [0.29, 0.717) is 21.3 Å². The summed E-state index contributed by atoms with van der Waals surface area (Å²) in [6.07, 6.45) is -0.0525. The Morgan fingerprint density at radius 3 is 2.37 bits per heavy atom. The third-order valence-electron chi connectivity index (χ3n) is 5.14. The van der Waals surface area contributed by atoms with Crippen molar-refractivity contribution in [2.45, 2.75) is 43.9 Å². The summed E-state index contributed by atoms with van der Waals surface area (Å²) < 4.78 is 36.6. The summed E-state index contributed by atoms with van der Waals surface area (Å²) in [5, 5.41) is -0.549. The summed E-state index contributed by atoms with van der Waals surface area (Å²) in [6, 6.07) is 11.0. The van der Waals surface area contributed by atoms with Gasteiger partial charge < -0.3 is 14.0 Å². The number of methoxy groups -OCH3 is 1. The summed E-state index contributed by atoms with van der Waals surface area (Å²) in [6.45, 7) is 4.97. The maximum absolute atomic E-state index is 12.8. The number of hydrogen-bond donors (Lipinski definition) is 0. The molecule has 0 aliphatic rings. The van der Waals surface area contributed by atoms with Gasteiger partial charge in [0.2, 0.25) is 0 Å². The summed E-state index contributed by atoms with van der Waals surface area (Å²) in [7, 11) is -2.12. The summed E-state index contributed by atoms with van der Waals surface area (Å²) in [5.74, 6) is -1.46. The Bertz CT molecular complexity index is 1430. The number of ether oxygens (including phenoxy) is 2. The van der Waals surface area contributed by atoms with Crippen molar-refractivity contribution in [1.29, 1.82) is 0 Å². The van der Waals surface area contributed by atoms with Crippen molar-refractivity contribution >= 4 is 49.2 Å². The molecule has 0 saturated carbocycles. The van der Waals surface area contributed by atoms with Crippen molar-refractivity contribution in [3.8, 4) is 0 Å². The Hall–Kier alpha value is -3.31. The molecule has 0 radical (unpaired) electrons. The molecular weight excluding hydrogens is 492 g/mol. The molecule has 0 unspecified atom stereocenters. The SMILES string of the molecule is CCOC(=O)Cn1c(=NC(=O)Cc2ccc(S(=O)(=O)C(C)C)cc2)sc2cc(C(=O)OC)ccc21. The minimum Gasteiger partial charge on any atom is -0.465 e. The van der Waals surface area contributed by atoms with Crippen LogP contribution in [0.15, 0.2) is 52.4 Å². The Morgan fingerprint density at radius 1 is 1.09 bits per heavy atom. The van der Waals surface area contributed by atoms with E-state index in [2.05, 4.69) is 4.99 Å². The first-order chi connectivity index (χ1) is 16.6. The van der Waals surface area contributed by atoms with Gasteiger partial charge >= 0.3 is 11.9 Å². The Balaban J connectivity index is 1.96. The number of benzene rings is 2. The van der Waals surface area contributed by atoms with Crippen LogP contribution in [0, 0.1) is 0 Å². The van der Waals surface area contributed by atoms with Gasteiger partial charge in [0.05, 0.1) is 46.1 Å². The van der Waals surface area contributed by atoms with E-state index in [1.807, 2.05) is 0 Å². The highest BCUT2D eigenvalue weighted by molar-refractivity contribution is 7.92. The molecule has 35 heavy (non-hydrogen) atoms. The van der Waals surface area contributed by atoms with Gasteiger partial charge in [0, 0.05) is 0 Å². The molecule has 0 saturated heterocycles. The van der Waals surface area contributed by atoms with E-state index < -0.39 is 32.9 Å². The molecule has 0 aliphatic heterocycles. The van der Waals surface area contributed by atoms with E-state index in [1.54, 1.807) is 55.7 Å². The molecule has 11 heteroatoms. The molecule has 1 amide bonds. The molecule has 1 heterocycles. The first-order valence-corrected chi connectivity index (χ1v) is 13.2. The lowest BCUT2D eigenvalue weighted by atomic mass is 10.1. The number of aromatic nitrogens is 1. The largest absolute Gasteiger partial charge is 0.465 e. The van der Waals surface area contributed by atoms with E-state index in [1.165, 1.54) is 19.2 Å². The number of nitrogens with zero attached hydrogens (tertiary/aromatic N) is 2. The van der Waals surface area contributed by atoms with Gasteiger partial charge in [0.15, 0.2) is 14.6 Å². The second-order valence-electron chi connectivity index (χ2n) is 7.87. The Kier molecular flexibility index (Phi) is 8.23. The van der Waals surface area contributed by atoms with Gasteiger partial charge in [-0.1, -0.05) is 23.5 Å². The molecule has 0 aliphatic carbocycles. The predicted molar refractivity (Wildman–Crippen MR) is 131 cm³/mol. The van der Waals surface area contributed by atoms with Gasteiger partial charge in [-0.15, -0.1) is 0 Å². The molecule has 0 atom stereocenters. The predicted octanol–water partition coefficient (Wildman–Crippen LogP) is 2.90. The number of carbonyl (C=O) groups excluding carboxylic acids is 3. The minimum absolute atomic E-state index is 0.0525. The third kappa shape index (κ3) is 6.04. The van der Waals surface area contributed by atoms with E-state index in [-0.39, 0.29) is 29.3 Å². The second-order valence-corrected chi connectivity index (χ2v) is 11.4. The minimum atomic E-state index is -3.41. The summed E-state index contributed by atoms with van der Waals surface area (Å²) >= 11 is 1.15. The first kappa shape index (κ1) is 26.3. The first-order valence-electron chi connectivity index (χ1n) is 10.8. The van der Waals surface area contributed by atoms with Crippen molar-refractivity contribution in [3.05, 3.63) is 58.4 Å². The van der Waals surface area contributed by atoms with Gasteiger partial charge in [-0.05, 0) is 56.7 Å². The molecule has 0 fully saturated rings. The fraction of sp³-hybridized carbons (Fsp3) is 0.333. The highest BCUT2D eigenvalue weighted by Crippen LogP contribution is 2.21. The smallest absolute Gasteiger partial charge is 0.337 e. The number of sulfone groups is 1. The molecule has 0 bridgehead atoms. The molecule has 9 nitrogen and oxygen atoms in total. The van der Waals surface area contributed by atoms with E-state index in [0.717, 1.165) is 11.3 Å². The molecule has 186 valence electrons. The van der Waals surface area contributed by atoms with Crippen LogP contribution < -0.4 is 4.80 Å². The fourth-order valence-electron chi connectivity index (χ4n) is 3.28. The number of hydrogen-bond acceptors (Lipinski definition) is 8. The molecule has 1 aromatic heterocycles. The van der Waals surface area contributed by atoms with Crippen molar-refractivity contribution in [1.82, 2.24) is 4.57 Å². The topological polar surface area (TPSA) is 121 Å². The number of carbonyl (C=O) groups is 3. The van der Waals surface area contributed by atoms with Crippen LogP contribution in [0.3, 0.4) is 0 Å². The Morgan fingerprint density at radius 2 is 1.77 bits per heavy atom. The third-order valence-corrected chi connectivity index (χ3v) is 8.36. The van der Waals surface area contributed by atoms with Crippen LogP contribution in [0.5, 0.6) is 0 Å². The maximum Gasteiger partial charge on any atom is 0.337 e. The maximum atomic E-state index is 12.8. The number of amides is 1. The van der Waals surface area contributed by atoms with E-state index >= 15 is 0 Å². The van der Waals surface area contributed by atoms with Gasteiger partial charge in [-0.3, -0.25) is 9.59 Å². The fourth-order valence-corrected chi connectivity index (χ4v) is 5.43. The van der Waals surface area contributed by atoms with E-state index in [4.69, 9.17) is 9.47 Å². The quantitative estimate of drug-likeness (QED) is 0.420. The van der Waals surface area contributed by atoms with Gasteiger partial charge in [0.25, 0.3) is 5.91 Å². The van der Waals surface area contributed by atoms with Crippen molar-refractivity contribution in [3.63, 3.8) is 0 Å². The lowest BCUT2D eigenvalue weighted by Crippen LogP contribution is -2.23. The molecule has 3 rings (SSSR count). The molecule has 3 aromatic rings. The van der Waals surface area contributed by atoms with Gasteiger partial charge in [0.1, 0.15) is 6.54 Å². The summed E-state index contributed by atoms with van der Waals surface area (Å²) in [5.41, 5.74) is 1.55. The van der Waals surface area contributed by atoms with Crippen molar-refractivity contribution < 1.29 is 32.3 Å². The number of thiazole rings is 1. The molecule has 0 spiro atoms. The Labute approximate surface area is 206 Å².